The quantitative estimate of drug-likeness (QED) is 0.611. The van der Waals surface area contributed by atoms with E-state index in [-0.39, 0.29) is 10.6 Å². The van der Waals surface area contributed by atoms with Gasteiger partial charge in [-0.25, -0.2) is 0 Å². The molecule has 0 fully saturated rings. The summed E-state index contributed by atoms with van der Waals surface area (Å²) in [6, 6.07) is 5.83. The Morgan fingerprint density at radius 1 is 1.50 bits per heavy atom. The largest absolute Gasteiger partial charge is 0.293 e. The van der Waals surface area contributed by atoms with Crippen LogP contribution in [0.4, 0.5) is 0 Å². The maximum Gasteiger partial charge on any atom is 0.176 e. The molecule has 76 valence electrons. The van der Waals surface area contributed by atoms with Crippen molar-refractivity contribution < 1.29 is 4.79 Å². The van der Waals surface area contributed by atoms with Gasteiger partial charge in [0.1, 0.15) is 0 Å². The van der Waals surface area contributed by atoms with Crippen LogP contribution in [0.15, 0.2) is 18.2 Å². The first-order valence-electron chi connectivity index (χ1n) is 4.40. The standard InChI is InChI=1S/C11H12Br2O/c1-7-9(6-12)4-3-5-10(7)11(14)8(2)13/h3-5,8H,6H2,1-2H3. The summed E-state index contributed by atoms with van der Waals surface area (Å²) in [7, 11) is 0. The van der Waals surface area contributed by atoms with Crippen LogP contribution < -0.4 is 0 Å². The highest BCUT2D eigenvalue weighted by Crippen LogP contribution is 2.19. The maximum atomic E-state index is 11.8. The third-order valence-corrected chi connectivity index (χ3v) is 3.24. The van der Waals surface area contributed by atoms with Crippen LogP contribution in [0, 0.1) is 6.92 Å². The third-order valence-electron chi connectivity index (χ3n) is 2.22. The van der Waals surface area contributed by atoms with Crippen molar-refractivity contribution in [2.24, 2.45) is 0 Å². The molecule has 14 heavy (non-hydrogen) atoms. The highest BCUT2D eigenvalue weighted by Gasteiger charge is 2.15. The van der Waals surface area contributed by atoms with E-state index in [2.05, 4.69) is 31.9 Å². The van der Waals surface area contributed by atoms with E-state index >= 15 is 0 Å². The van der Waals surface area contributed by atoms with Gasteiger partial charge >= 0.3 is 0 Å². The van der Waals surface area contributed by atoms with E-state index in [1.54, 1.807) is 0 Å². The lowest BCUT2D eigenvalue weighted by Crippen LogP contribution is -2.12. The summed E-state index contributed by atoms with van der Waals surface area (Å²) in [6.07, 6.45) is 0. The second kappa shape index (κ2) is 5.08. The van der Waals surface area contributed by atoms with Crippen LogP contribution in [0.1, 0.15) is 28.4 Å². The summed E-state index contributed by atoms with van der Waals surface area (Å²) in [5.41, 5.74) is 3.05. The fraction of sp³-hybridized carbons (Fsp3) is 0.364. The Labute approximate surface area is 101 Å². The van der Waals surface area contributed by atoms with Crippen molar-refractivity contribution in [3.63, 3.8) is 0 Å². The van der Waals surface area contributed by atoms with Crippen LogP contribution in [0.2, 0.25) is 0 Å². The molecule has 3 heteroatoms. The van der Waals surface area contributed by atoms with Gasteiger partial charge < -0.3 is 0 Å². The number of Topliss-reactive ketones (excluding diaryl/α,β-unsaturated/α-hetero) is 1. The monoisotopic (exact) mass is 318 g/mol. The molecule has 1 unspecified atom stereocenters. The second-order valence-corrected chi connectivity index (χ2v) is 5.14. The molecule has 0 saturated carbocycles. The Morgan fingerprint density at radius 2 is 2.14 bits per heavy atom. The highest BCUT2D eigenvalue weighted by molar-refractivity contribution is 9.10. The van der Waals surface area contributed by atoms with Gasteiger partial charge in [0.25, 0.3) is 0 Å². The Bertz CT molecular complexity index is 345. The van der Waals surface area contributed by atoms with Crippen LogP contribution in [0.25, 0.3) is 0 Å². The lowest BCUT2D eigenvalue weighted by Gasteiger charge is -2.09. The molecule has 1 nitrogen and oxygen atoms in total. The van der Waals surface area contributed by atoms with E-state index < -0.39 is 0 Å². The van der Waals surface area contributed by atoms with E-state index in [1.165, 1.54) is 5.56 Å². The van der Waals surface area contributed by atoms with E-state index in [0.29, 0.717) is 0 Å². The second-order valence-electron chi connectivity index (χ2n) is 3.20. The van der Waals surface area contributed by atoms with Gasteiger partial charge in [-0.1, -0.05) is 50.1 Å². The van der Waals surface area contributed by atoms with Crippen molar-refractivity contribution in [3.8, 4) is 0 Å². The summed E-state index contributed by atoms with van der Waals surface area (Å²) in [4.78, 5) is 11.7. The van der Waals surface area contributed by atoms with Crippen molar-refractivity contribution >= 4 is 37.6 Å². The van der Waals surface area contributed by atoms with E-state index in [4.69, 9.17) is 0 Å². The minimum Gasteiger partial charge on any atom is -0.293 e. The van der Waals surface area contributed by atoms with Gasteiger partial charge in [0.15, 0.2) is 5.78 Å². The van der Waals surface area contributed by atoms with Crippen LogP contribution in [-0.2, 0) is 5.33 Å². The first-order chi connectivity index (χ1) is 6.57. The number of benzene rings is 1. The first-order valence-corrected chi connectivity index (χ1v) is 6.44. The van der Waals surface area contributed by atoms with Crippen molar-refractivity contribution in [1.29, 1.82) is 0 Å². The van der Waals surface area contributed by atoms with Crippen LogP contribution in [0.3, 0.4) is 0 Å². The Morgan fingerprint density at radius 3 is 2.64 bits per heavy atom. The Kier molecular flexibility index (Phi) is 4.32. The smallest absolute Gasteiger partial charge is 0.176 e. The molecule has 0 aliphatic carbocycles. The average molecular weight is 320 g/mol. The highest BCUT2D eigenvalue weighted by atomic mass is 79.9. The molecule has 0 aliphatic rings. The molecular formula is C11H12Br2O. The Hall–Kier alpha value is -0.150. The van der Waals surface area contributed by atoms with Gasteiger partial charge in [-0.3, -0.25) is 4.79 Å². The number of alkyl halides is 2. The molecule has 0 radical (unpaired) electrons. The number of hydrogen-bond acceptors (Lipinski definition) is 1. The molecular weight excluding hydrogens is 308 g/mol. The summed E-state index contributed by atoms with van der Waals surface area (Å²) in [5, 5.41) is 0.788. The maximum absolute atomic E-state index is 11.8. The minimum absolute atomic E-state index is 0.119. The van der Waals surface area contributed by atoms with Gasteiger partial charge in [-0.15, -0.1) is 0 Å². The van der Waals surface area contributed by atoms with E-state index in [0.717, 1.165) is 16.5 Å². The minimum atomic E-state index is -0.119. The van der Waals surface area contributed by atoms with Crippen LogP contribution >= 0.6 is 31.9 Å². The van der Waals surface area contributed by atoms with Crippen molar-refractivity contribution in [3.05, 3.63) is 34.9 Å². The van der Waals surface area contributed by atoms with Crippen molar-refractivity contribution in [2.75, 3.05) is 0 Å². The first kappa shape index (κ1) is 11.9. The molecule has 0 heterocycles. The average Bonchev–Trinajstić information content (AvgIpc) is 2.17. The molecule has 0 amide bonds. The van der Waals surface area contributed by atoms with Crippen molar-refractivity contribution in [1.82, 2.24) is 0 Å². The zero-order valence-electron chi connectivity index (χ0n) is 8.18. The molecule has 0 spiro atoms. The summed E-state index contributed by atoms with van der Waals surface area (Å²) in [6.45, 7) is 3.84. The van der Waals surface area contributed by atoms with Gasteiger partial charge in [0.05, 0.1) is 4.83 Å². The van der Waals surface area contributed by atoms with Crippen molar-refractivity contribution in [2.45, 2.75) is 24.0 Å². The summed E-state index contributed by atoms with van der Waals surface area (Å²) < 4.78 is 0. The third kappa shape index (κ3) is 2.45. The zero-order valence-corrected chi connectivity index (χ0v) is 11.4. The number of halogens is 2. The number of ketones is 1. The number of carbonyl (C=O) groups excluding carboxylic acids is 1. The van der Waals surface area contributed by atoms with Crippen LogP contribution in [-0.4, -0.2) is 10.6 Å². The summed E-state index contributed by atoms with van der Waals surface area (Å²) in [5.74, 6) is 0.144. The molecule has 1 aromatic rings. The molecule has 0 aromatic heterocycles. The number of rotatable bonds is 3. The van der Waals surface area contributed by atoms with Gasteiger partial charge in [-0.2, -0.15) is 0 Å². The molecule has 0 N–H and O–H groups in total. The molecule has 1 atom stereocenters. The van der Waals surface area contributed by atoms with E-state index in [1.807, 2.05) is 32.0 Å². The molecule has 0 aliphatic heterocycles. The summed E-state index contributed by atoms with van der Waals surface area (Å²) >= 11 is 6.70. The Balaban J connectivity index is 3.16. The van der Waals surface area contributed by atoms with Gasteiger partial charge in [0.2, 0.25) is 0 Å². The molecule has 0 bridgehead atoms. The fourth-order valence-corrected chi connectivity index (χ4v) is 2.16. The predicted octanol–water partition coefficient (Wildman–Crippen LogP) is 3.86. The van der Waals surface area contributed by atoms with E-state index in [9.17, 15) is 4.79 Å². The number of hydrogen-bond donors (Lipinski definition) is 0. The van der Waals surface area contributed by atoms with Gasteiger partial charge in [0, 0.05) is 10.9 Å². The molecule has 0 saturated heterocycles. The molecule has 1 aromatic carbocycles. The van der Waals surface area contributed by atoms with Crippen LogP contribution in [0.5, 0.6) is 0 Å². The fourth-order valence-electron chi connectivity index (χ4n) is 1.31. The lowest BCUT2D eigenvalue weighted by molar-refractivity contribution is 0.0995. The topological polar surface area (TPSA) is 17.1 Å². The van der Waals surface area contributed by atoms with Gasteiger partial charge in [-0.05, 0) is 25.0 Å². The normalized spacial score (nSPS) is 12.6. The lowest BCUT2D eigenvalue weighted by atomic mass is 9.99. The zero-order chi connectivity index (χ0) is 10.7. The molecule has 1 rings (SSSR count). The SMILES string of the molecule is Cc1c(CBr)cccc1C(=O)C(C)Br. The number of carbonyl (C=O) groups is 1. The predicted molar refractivity (Wildman–Crippen MR) is 66.5 cm³/mol.